The normalized spacial score (nSPS) is 12.5. The zero-order valence-corrected chi connectivity index (χ0v) is 72.7. The van der Waals surface area contributed by atoms with Crippen molar-refractivity contribution in [3.05, 3.63) is 0 Å². The summed E-state index contributed by atoms with van der Waals surface area (Å²) in [6, 6.07) is 0. The van der Waals surface area contributed by atoms with Gasteiger partial charge in [0.25, 0.3) is 0 Å². The van der Waals surface area contributed by atoms with Crippen molar-refractivity contribution in [1.82, 2.24) is 0 Å². The molecule has 0 aromatic carbocycles. The van der Waals surface area contributed by atoms with Gasteiger partial charge in [0.2, 0.25) is 0 Å². The van der Waals surface area contributed by atoms with Crippen molar-refractivity contribution in [3.63, 3.8) is 0 Å². The molecule has 0 fully saturated rings. The number of ether oxygens (including phenoxy) is 6. The molecule has 21 nitrogen and oxygen atoms in total. The zero-order valence-electron chi connectivity index (χ0n) is 72.7. The predicted molar refractivity (Wildman–Crippen MR) is 447 cm³/mol. The molecule has 0 rings (SSSR count). The highest BCUT2D eigenvalue weighted by Crippen LogP contribution is 2.64. The van der Waals surface area contributed by atoms with E-state index in [1.807, 2.05) is 13.8 Å². The van der Waals surface area contributed by atoms with Crippen molar-refractivity contribution in [2.45, 2.75) is 446 Å². The van der Waals surface area contributed by atoms with Crippen molar-refractivity contribution in [2.24, 2.45) is 27.1 Å². The molecular formula is C92H168O21. The van der Waals surface area contributed by atoms with Crippen molar-refractivity contribution < 1.29 is 102 Å². The highest BCUT2D eigenvalue weighted by molar-refractivity contribution is 5.72. The molecule has 0 aromatic rings. The van der Waals surface area contributed by atoms with Crippen molar-refractivity contribution in [1.29, 1.82) is 0 Å². The van der Waals surface area contributed by atoms with Gasteiger partial charge in [0.1, 0.15) is 31.8 Å². The van der Waals surface area contributed by atoms with Crippen LogP contribution in [-0.2, 0) is 71.6 Å². The third-order valence-electron chi connectivity index (χ3n) is 23.4. The molecule has 0 saturated carbocycles. The minimum atomic E-state index is -1.37. The minimum Gasteiger partial charge on any atom is -0.481 e. The SMILES string of the molecule is CCCCCCCCCC(=O)OCC(C)(C)COC(=O)CCCCCCCCCC(CCCCCCCC(=O)OCC(COC(=O)CCCCCCC)(COC(=O)CCCCCCC)COC(=O)CCCCCCC)(C(CO)(CO)CO)C(CCCCCCCC(=O)O)(CCCCCCCC(=O)O)CCCCCCCC(=O)O. The van der Waals surface area contributed by atoms with Crippen LogP contribution in [0.25, 0.3) is 0 Å². The van der Waals surface area contributed by atoms with Crippen molar-refractivity contribution in [3.8, 4) is 0 Å². The lowest BCUT2D eigenvalue weighted by Gasteiger charge is -2.61. The van der Waals surface area contributed by atoms with Crippen LogP contribution in [0.15, 0.2) is 0 Å². The lowest BCUT2D eigenvalue weighted by atomic mass is 9.44. The number of carboxylic acids is 3. The summed E-state index contributed by atoms with van der Waals surface area (Å²) >= 11 is 0. The quantitative estimate of drug-likeness (QED) is 0.0187. The fourth-order valence-corrected chi connectivity index (χ4v) is 16.1. The van der Waals surface area contributed by atoms with Crippen molar-refractivity contribution >= 4 is 53.7 Å². The largest absolute Gasteiger partial charge is 0.481 e. The molecule has 0 spiro atoms. The molecule has 0 aliphatic heterocycles. The Bertz CT molecular complexity index is 2250. The van der Waals surface area contributed by atoms with Gasteiger partial charge >= 0.3 is 53.7 Å². The van der Waals surface area contributed by atoms with E-state index in [4.69, 9.17) is 28.4 Å². The van der Waals surface area contributed by atoms with Gasteiger partial charge < -0.3 is 59.1 Å². The molecule has 0 radical (unpaired) electrons. The Kier molecular flexibility index (Phi) is 68.2. The van der Waals surface area contributed by atoms with Gasteiger partial charge in [-0.15, -0.1) is 0 Å². The second-order valence-electron chi connectivity index (χ2n) is 34.3. The van der Waals surface area contributed by atoms with Crippen LogP contribution >= 0.6 is 0 Å². The fourth-order valence-electron chi connectivity index (χ4n) is 16.1. The van der Waals surface area contributed by atoms with Crippen LogP contribution < -0.4 is 0 Å². The van der Waals surface area contributed by atoms with E-state index < -0.39 is 88.7 Å². The summed E-state index contributed by atoms with van der Waals surface area (Å²) in [6.07, 6.45) is 47.3. The maximum Gasteiger partial charge on any atom is 0.305 e. The first-order valence-corrected chi connectivity index (χ1v) is 45.9. The van der Waals surface area contributed by atoms with E-state index in [-0.39, 0.29) is 103 Å². The van der Waals surface area contributed by atoms with Gasteiger partial charge in [-0.1, -0.05) is 298 Å². The molecule has 1 atom stereocenters. The monoisotopic (exact) mass is 1610 g/mol. The first-order valence-electron chi connectivity index (χ1n) is 45.9. The highest BCUT2D eigenvalue weighted by Gasteiger charge is 2.60. The fraction of sp³-hybridized carbons (Fsp3) is 0.902. The summed E-state index contributed by atoms with van der Waals surface area (Å²) in [5, 5.41) is 64.3. The molecule has 6 N–H and O–H groups in total. The van der Waals surface area contributed by atoms with E-state index in [1.54, 1.807) is 0 Å². The third kappa shape index (κ3) is 56.2. The molecule has 662 valence electrons. The lowest BCUT2D eigenvalue weighted by molar-refractivity contribution is -0.180. The minimum absolute atomic E-state index is 0.0624. The molecule has 0 bridgehead atoms. The van der Waals surface area contributed by atoms with E-state index >= 15 is 0 Å². The molecular weight excluding hydrogens is 1440 g/mol. The number of carbonyl (C=O) groups is 9. The number of rotatable bonds is 85. The van der Waals surface area contributed by atoms with Crippen LogP contribution in [0.4, 0.5) is 0 Å². The number of hydrogen-bond donors (Lipinski definition) is 6. The van der Waals surface area contributed by atoms with Gasteiger partial charge in [0, 0.05) is 68.6 Å². The number of aliphatic hydroxyl groups excluding tert-OH is 3. The summed E-state index contributed by atoms with van der Waals surface area (Å²) in [4.78, 5) is 114. The maximum absolute atomic E-state index is 13.9. The van der Waals surface area contributed by atoms with Gasteiger partial charge in [0.05, 0.1) is 33.0 Å². The number of unbranched alkanes of at least 4 members (excludes halogenated alkanes) is 40. The van der Waals surface area contributed by atoms with E-state index in [1.165, 1.54) is 25.7 Å². The Morgan fingerprint density at radius 1 is 0.221 bits per heavy atom. The van der Waals surface area contributed by atoms with Crippen LogP contribution in [-0.4, -0.2) is 144 Å². The first-order chi connectivity index (χ1) is 54.5. The Morgan fingerprint density at radius 2 is 0.398 bits per heavy atom. The molecule has 0 saturated heterocycles. The van der Waals surface area contributed by atoms with Crippen LogP contribution in [0.5, 0.6) is 0 Å². The standard InChI is InChI=1S/C92H168O21/c1-7-11-15-19-21-34-48-59-82(102)108-73-88(5,6)74-109-83(103)60-49-35-22-20-23-40-54-68-92(91(70-93,71-94)72-95,90(65-51-37-24-31-42-56-79(96)97,66-52-38-25-32-43-57-80(98)99)67-53-39-26-33-44-58-81(100)101)69-55-41-27-36-50-64-87(107)113-78-89(75-110-84(104)61-45-28-16-12-8-2,76-111-85(105)62-46-29-17-13-9-3)77-112-86(106)63-47-30-18-14-10-4/h93-95H,7-78H2,1-6H3,(H,96,97)(H,98,99)(H,100,101). The van der Waals surface area contributed by atoms with Gasteiger partial charge in [0.15, 0.2) is 0 Å². The van der Waals surface area contributed by atoms with E-state index in [0.29, 0.717) is 83.5 Å². The third-order valence-corrected chi connectivity index (χ3v) is 23.4. The van der Waals surface area contributed by atoms with Gasteiger partial charge in [-0.3, -0.25) is 43.2 Å². The summed E-state index contributed by atoms with van der Waals surface area (Å²) in [5.41, 5.74) is -4.53. The Labute approximate surface area is 685 Å². The first kappa shape index (κ1) is 108. The number of aliphatic carboxylic acids is 3. The molecule has 0 aromatic heterocycles. The average Bonchev–Trinajstić information content (AvgIpc) is 0.724. The summed E-state index contributed by atoms with van der Waals surface area (Å²) in [7, 11) is 0. The van der Waals surface area contributed by atoms with Crippen LogP contribution in [0.1, 0.15) is 446 Å². The van der Waals surface area contributed by atoms with Gasteiger partial charge in [-0.2, -0.15) is 0 Å². The predicted octanol–water partition coefficient (Wildman–Crippen LogP) is 22.1. The summed E-state index contributed by atoms with van der Waals surface area (Å²) in [5.74, 6) is -4.81. The van der Waals surface area contributed by atoms with E-state index in [2.05, 4.69) is 27.7 Å². The highest BCUT2D eigenvalue weighted by atomic mass is 16.6. The smallest absolute Gasteiger partial charge is 0.305 e. The molecule has 113 heavy (non-hydrogen) atoms. The molecule has 21 heteroatoms. The van der Waals surface area contributed by atoms with E-state index in [9.17, 15) is 73.8 Å². The second-order valence-corrected chi connectivity index (χ2v) is 34.3. The average molecular weight is 1610 g/mol. The Balaban J connectivity index is 7.14. The number of aliphatic hydroxyl groups is 3. The summed E-state index contributed by atoms with van der Waals surface area (Å²) < 4.78 is 34.9. The number of hydrogen-bond acceptors (Lipinski definition) is 18. The van der Waals surface area contributed by atoms with Crippen molar-refractivity contribution in [2.75, 3.05) is 59.5 Å². The maximum atomic E-state index is 13.9. The number of carboxylic acid groups (broad SMARTS) is 3. The van der Waals surface area contributed by atoms with Gasteiger partial charge in [-0.25, -0.2) is 0 Å². The summed E-state index contributed by atoms with van der Waals surface area (Å²) in [6.45, 7) is 10.2. The van der Waals surface area contributed by atoms with Crippen LogP contribution in [0.3, 0.4) is 0 Å². The number of esters is 6. The van der Waals surface area contributed by atoms with Crippen LogP contribution in [0, 0.1) is 27.1 Å². The molecule has 0 aliphatic carbocycles. The van der Waals surface area contributed by atoms with E-state index in [0.717, 1.165) is 244 Å². The Morgan fingerprint density at radius 3 is 0.602 bits per heavy atom. The molecule has 0 heterocycles. The van der Waals surface area contributed by atoms with Gasteiger partial charge in [-0.05, 0) is 101 Å². The number of carbonyl (C=O) groups excluding carboxylic acids is 6. The van der Waals surface area contributed by atoms with Crippen LogP contribution in [0.2, 0.25) is 0 Å². The molecule has 0 aliphatic rings. The zero-order chi connectivity index (χ0) is 83.9. The Hall–Kier alpha value is -4.89. The topological polar surface area (TPSA) is 330 Å². The molecule has 0 amide bonds. The molecule has 1 unspecified atom stereocenters. The second kappa shape index (κ2) is 71.2. The lowest BCUT2D eigenvalue weighted by Crippen LogP contribution is -2.59.